The van der Waals surface area contributed by atoms with Crippen LogP contribution in [-0.2, 0) is 9.53 Å². The number of hydrogen-bond donors (Lipinski definition) is 2. The topological polar surface area (TPSA) is 137 Å². The van der Waals surface area contributed by atoms with Crippen molar-refractivity contribution in [2.75, 3.05) is 17.7 Å². The van der Waals surface area contributed by atoms with E-state index < -0.39 is 23.4 Å². The van der Waals surface area contributed by atoms with Crippen LogP contribution in [0.4, 0.5) is 16.5 Å². The fourth-order valence-electron chi connectivity index (χ4n) is 3.04. The number of rotatable bonds is 6. The van der Waals surface area contributed by atoms with E-state index in [1.54, 1.807) is 29.6 Å². The molecule has 1 heterocycles. The van der Waals surface area contributed by atoms with E-state index in [9.17, 15) is 19.7 Å². The SMILES string of the molecule is Nc1cc2ccccc2cc1C(=O)OCC(=O)Nc1nc(-c2cccc([N+](=O)[O-])c2)cs1. The standard InChI is InChI=1S/C22H16N4O5S/c23-18-10-14-5-2-1-4-13(14)9-17(18)21(28)31-11-20(27)25-22-24-19(12-32-22)15-6-3-7-16(8-15)26(29)30/h1-10,12H,11,23H2,(H,24,25,27). The zero-order valence-electron chi connectivity index (χ0n) is 16.5. The van der Waals surface area contributed by atoms with Crippen LogP contribution in [0.2, 0.25) is 0 Å². The summed E-state index contributed by atoms with van der Waals surface area (Å²) in [4.78, 5) is 39.3. The van der Waals surface area contributed by atoms with E-state index in [4.69, 9.17) is 10.5 Å². The number of ether oxygens (including phenoxy) is 1. The Morgan fingerprint density at radius 2 is 1.84 bits per heavy atom. The molecule has 10 heteroatoms. The normalized spacial score (nSPS) is 10.6. The molecular weight excluding hydrogens is 432 g/mol. The quantitative estimate of drug-likeness (QED) is 0.195. The molecule has 3 N–H and O–H groups in total. The van der Waals surface area contributed by atoms with Crippen molar-refractivity contribution >= 4 is 50.5 Å². The maximum Gasteiger partial charge on any atom is 0.340 e. The number of nitrogens with two attached hydrogens (primary N) is 1. The van der Waals surface area contributed by atoms with E-state index >= 15 is 0 Å². The molecule has 0 aliphatic heterocycles. The summed E-state index contributed by atoms with van der Waals surface area (Å²) in [6, 6.07) is 16.8. The van der Waals surface area contributed by atoms with Gasteiger partial charge in [-0.1, -0.05) is 36.4 Å². The van der Waals surface area contributed by atoms with Crippen LogP contribution in [0.15, 0.2) is 66.0 Å². The summed E-state index contributed by atoms with van der Waals surface area (Å²) >= 11 is 1.15. The minimum Gasteiger partial charge on any atom is -0.452 e. The molecule has 0 spiro atoms. The Morgan fingerprint density at radius 1 is 1.09 bits per heavy atom. The fraction of sp³-hybridized carbons (Fsp3) is 0.0455. The molecule has 0 bridgehead atoms. The third-order valence-corrected chi connectivity index (χ3v) is 5.33. The molecule has 0 atom stereocenters. The average Bonchev–Trinajstić information content (AvgIpc) is 3.25. The summed E-state index contributed by atoms with van der Waals surface area (Å²) in [6.45, 7) is -0.517. The molecule has 0 unspecified atom stereocenters. The number of nitro groups is 1. The summed E-state index contributed by atoms with van der Waals surface area (Å²) in [7, 11) is 0. The van der Waals surface area contributed by atoms with Gasteiger partial charge in [-0.2, -0.15) is 0 Å². The van der Waals surface area contributed by atoms with Crippen LogP contribution < -0.4 is 11.1 Å². The number of thiazole rings is 1. The van der Waals surface area contributed by atoms with E-state index in [0.29, 0.717) is 11.3 Å². The molecule has 3 aromatic carbocycles. The van der Waals surface area contributed by atoms with Gasteiger partial charge < -0.3 is 10.5 Å². The second-order valence-electron chi connectivity index (χ2n) is 6.76. The van der Waals surface area contributed by atoms with Crippen LogP contribution in [0.3, 0.4) is 0 Å². The average molecular weight is 448 g/mol. The highest BCUT2D eigenvalue weighted by molar-refractivity contribution is 7.14. The first-order chi connectivity index (χ1) is 15.4. The van der Waals surface area contributed by atoms with Crippen molar-refractivity contribution in [3.63, 3.8) is 0 Å². The maximum atomic E-state index is 12.4. The number of anilines is 2. The number of aromatic nitrogens is 1. The van der Waals surface area contributed by atoms with E-state index in [2.05, 4.69) is 10.3 Å². The van der Waals surface area contributed by atoms with Crippen molar-refractivity contribution in [1.29, 1.82) is 0 Å². The first-order valence-corrected chi connectivity index (χ1v) is 10.2. The monoisotopic (exact) mass is 448 g/mol. The second kappa shape index (κ2) is 8.82. The third-order valence-electron chi connectivity index (χ3n) is 4.58. The third kappa shape index (κ3) is 4.55. The van der Waals surface area contributed by atoms with Crippen LogP contribution in [0, 0.1) is 10.1 Å². The van der Waals surface area contributed by atoms with Gasteiger partial charge >= 0.3 is 5.97 Å². The molecule has 1 amide bonds. The number of amides is 1. The van der Waals surface area contributed by atoms with Gasteiger partial charge in [0.05, 0.1) is 16.2 Å². The Balaban J connectivity index is 1.39. The zero-order chi connectivity index (χ0) is 22.7. The lowest BCUT2D eigenvalue weighted by molar-refractivity contribution is -0.384. The Labute approximate surface area is 185 Å². The van der Waals surface area contributed by atoms with Gasteiger partial charge in [0.1, 0.15) is 0 Å². The lowest BCUT2D eigenvalue weighted by Crippen LogP contribution is -2.21. The van der Waals surface area contributed by atoms with Gasteiger partial charge in [-0.3, -0.25) is 20.2 Å². The number of non-ortho nitro benzene ring substituents is 1. The van der Waals surface area contributed by atoms with E-state index in [-0.39, 0.29) is 22.1 Å². The molecule has 160 valence electrons. The summed E-state index contributed by atoms with van der Waals surface area (Å²) in [5.41, 5.74) is 7.37. The molecule has 0 aliphatic rings. The second-order valence-corrected chi connectivity index (χ2v) is 7.61. The largest absolute Gasteiger partial charge is 0.452 e. The summed E-state index contributed by atoms with van der Waals surface area (Å²) in [6.07, 6.45) is 0. The highest BCUT2D eigenvalue weighted by Crippen LogP contribution is 2.27. The number of benzene rings is 3. The minimum absolute atomic E-state index is 0.0547. The fourth-order valence-corrected chi connectivity index (χ4v) is 3.78. The molecule has 0 saturated heterocycles. The van der Waals surface area contributed by atoms with Gasteiger partial charge in [0.15, 0.2) is 11.7 Å². The summed E-state index contributed by atoms with van der Waals surface area (Å²) in [5, 5.41) is 17.1. The number of nitrogen functional groups attached to an aromatic ring is 1. The van der Waals surface area contributed by atoms with Crippen LogP contribution in [0.1, 0.15) is 10.4 Å². The molecule has 32 heavy (non-hydrogen) atoms. The van der Waals surface area contributed by atoms with Crippen molar-refractivity contribution in [1.82, 2.24) is 4.98 Å². The van der Waals surface area contributed by atoms with Crippen molar-refractivity contribution in [3.8, 4) is 11.3 Å². The molecular formula is C22H16N4O5S. The van der Waals surface area contributed by atoms with Crippen molar-refractivity contribution in [2.45, 2.75) is 0 Å². The van der Waals surface area contributed by atoms with Gasteiger partial charge in [0.25, 0.3) is 11.6 Å². The molecule has 0 fully saturated rings. The van der Waals surface area contributed by atoms with Crippen LogP contribution in [-0.4, -0.2) is 28.4 Å². The predicted octanol–water partition coefficient (Wildman–Crippen LogP) is 4.25. The number of nitro benzene ring substituents is 1. The Kier molecular flexibility index (Phi) is 5.77. The Morgan fingerprint density at radius 3 is 2.59 bits per heavy atom. The van der Waals surface area contributed by atoms with Gasteiger partial charge in [-0.15, -0.1) is 11.3 Å². The highest BCUT2D eigenvalue weighted by Gasteiger charge is 2.16. The zero-order valence-corrected chi connectivity index (χ0v) is 17.3. The molecule has 0 radical (unpaired) electrons. The van der Waals surface area contributed by atoms with Crippen molar-refractivity contribution < 1.29 is 19.2 Å². The number of nitrogens with one attached hydrogen (secondary N) is 1. The minimum atomic E-state index is -0.708. The van der Waals surface area contributed by atoms with Gasteiger partial charge in [0, 0.05) is 28.8 Å². The van der Waals surface area contributed by atoms with Gasteiger partial charge in [-0.05, 0) is 22.9 Å². The Hall–Kier alpha value is -4.31. The first-order valence-electron chi connectivity index (χ1n) is 9.36. The molecule has 0 saturated carbocycles. The smallest absolute Gasteiger partial charge is 0.340 e. The van der Waals surface area contributed by atoms with Crippen LogP contribution >= 0.6 is 11.3 Å². The number of esters is 1. The molecule has 4 rings (SSSR count). The number of carbonyl (C=O) groups excluding carboxylic acids is 2. The molecule has 9 nitrogen and oxygen atoms in total. The molecule has 0 aliphatic carbocycles. The number of nitrogens with zero attached hydrogens (tertiary/aromatic N) is 2. The number of hydrogen-bond acceptors (Lipinski definition) is 8. The number of carbonyl (C=O) groups is 2. The van der Waals surface area contributed by atoms with E-state index in [1.165, 1.54) is 12.1 Å². The van der Waals surface area contributed by atoms with E-state index in [1.807, 2.05) is 24.3 Å². The summed E-state index contributed by atoms with van der Waals surface area (Å²) in [5.74, 6) is -1.28. The van der Waals surface area contributed by atoms with Gasteiger partial charge in [-0.25, -0.2) is 9.78 Å². The van der Waals surface area contributed by atoms with Crippen molar-refractivity contribution in [3.05, 3.63) is 81.7 Å². The predicted molar refractivity (Wildman–Crippen MR) is 121 cm³/mol. The number of fused-ring (bicyclic) bond motifs is 1. The van der Waals surface area contributed by atoms with Crippen LogP contribution in [0.25, 0.3) is 22.0 Å². The highest BCUT2D eigenvalue weighted by atomic mass is 32.1. The van der Waals surface area contributed by atoms with Gasteiger partial charge in [0.2, 0.25) is 0 Å². The maximum absolute atomic E-state index is 12.4. The molecule has 4 aromatic rings. The van der Waals surface area contributed by atoms with E-state index in [0.717, 1.165) is 22.1 Å². The lowest BCUT2D eigenvalue weighted by atomic mass is 10.1. The van der Waals surface area contributed by atoms with Crippen LogP contribution in [0.5, 0.6) is 0 Å². The lowest BCUT2D eigenvalue weighted by Gasteiger charge is -2.08. The first kappa shape index (κ1) is 20.9. The Bertz CT molecular complexity index is 1350. The molecule has 1 aromatic heterocycles. The summed E-state index contributed by atoms with van der Waals surface area (Å²) < 4.78 is 5.10. The van der Waals surface area contributed by atoms with Crippen molar-refractivity contribution in [2.24, 2.45) is 0 Å².